The van der Waals surface area contributed by atoms with Crippen LogP contribution in [0.2, 0.25) is 36.3 Å². The molecular formula is C38H67NO5SSi2. The first-order valence-corrected chi connectivity index (χ1v) is 24.3. The number of carbonyl (C=O) groups excluding carboxylic acids is 2. The first-order chi connectivity index (χ1) is 21.3. The summed E-state index contributed by atoms with van der Waals surface area (Å²) < 4.78 is 20.4. The van der Waals surface area contributed by atoms with Crippen LogP contribution in [0.1, 0.15) is 119 Å². The average Bonchev–Trinajstić information content (AvgIpc) is 3.33. The third kappa shape index (κ3) is 11.3. The highest BCUT2D eigenvalue weighted by molar-refractivity contribution is 7.09. The molecule has 1 aliphatic heterocycles. The summed E-state index contributed by atoms with van der Waals surface area (Å²) in [6.45, 7) is 34.4. The summed E-state index contributed by atoms with van der Waals surface area (Å²) in [5, 5.41) is 2.94. The molecule has 0 fully saturated rings. The Balaban J connectivity index is 2.62. The second-order valence-electron chi connectivity index (χ2n) is 17.6. The van der Waals surface area contributed by atoms with Gasteiger partial charge < -0.3 is 13.6 Å². The van der Waals surface area contributed by atoms with Crippen molar-refractivity contribution in [3.63, 3.8) is 0 Å². The molecule has 47 heavy (non-hydrogen) atoms. The third-order valence-electron chi connectivity index (χ3n) is 11.1. The lowest BCUT2D eigenvalue weighted by Crippen LogP contribution is -2.54. The quantitative estimate of drug-likeness (QED) is 0.167. The van der Waals surface area contributed by atoms with Crippen LogP contribution in [-0.4, -0.2) is 51.7 Å². The van der Waals surface area contributed by atoms with Crippen LogP contribution in [0.15, 0.2) is 23.1 Å². The van der Waals surface area contributed by atoms with E-state index >= 15 is 0 Å². The number of hydrogen-bond acceptors (Lipinski definition) is 7. The maximum Gasteiger partial charge on any atom is 0.309 e. The Morgan fingerprint density at radius 2 is 1.57 bits per heavy atom. The van der Waals surface area contributed by atoms with Crippen LogP contribution in [0, 0.1) is 24.2 Å². The molecule has 5 atom stereocenters. The Hall–Kier alpha value is -1.40. The van der Waals surface area contributed by atoms with Crippen LogP contribution in [0.25, 0.3) is 6.08 Å². The van der Waals surface area contributed by atoms with Gasteiger partial charge >= 0.3 is 5.97 Å². The molecule has 0 bridgehead atoms. The number of hydrogen-bond donors (Lipinski definition) is 0. The molecule has 1 aromatic rings. The Morgan fingerprint density at radius 3 is 2.11 bits per heavy atom. The predicted molar refractivity (Wildman–Crippen MR) is 204 cm³/mol. The van der Waals surface area contributed by atoms with E-state index in [4.69, 9.17) is 13.6 Å². The Bertz CT molecular complexity index is 1270. The minimum Gasteiger partial charge on any atom is -0.457 e. The number of nitrogens with zero attached hydrogens (tertiary/aromatic N) is 1. The summed E-state index contributed by atoms with van der Waals surface area (Å²) >= 11 is 1.60. The molecule has 0 unspecified atom stereocenters. The molecule has 0 saturated heterocycles. The lowest BCUT2D eigenvalue weighted by molar-refractivity contribution is -0.153. The van der Waals surface area contributed by atoms with Gasteiger partial charge in [0, 0.05) is 23.1 Å². The fraction of sp³-hybridized carbons (Fsp3) is 0.763. The van der Waals surface area contributed by atoms with Crippen molar-refractivity contribution in [2.45, 2.75) is 170 Å². The molecular weight excluding hydrogens is 639 g/mol. The Kier molecular flexibility index (Phi) is 14.3. The largest absolute Gasteiger partial charge is 0.457 e. The fourth-order valence-electron chi connectivity index (χ4n) is 5.62. The molecule has 0 aliphatic carbocycles. The van der Waals surface area contributed by atoms with Crippen molar-refractivity contribution in [2.24, 2.45) is 17.3 Å². The molecule has 2 heterocycles. The number of allylic oxidation sites excluding steroid dienone is 1. The van der Waals surface area contributed by atoms with Gasteiger partial charge in [0.1, 0.15) is 11.9 Å². The SMILES string of the molecule is CC(=Cc1csc(C)n1)[C@@H]1CC=CCCC[C@@H](C)[C@H](O[Si](C)(C)C(C)(C)C)[C@@H](C)C(=O)C(C)(C)[C@@H](O[Si](C)(C)C(C)(C)C)CC(=O)O1. The molecule has 0 N–H and O–H groups in total. The zero-order valence-electron chi connectivity index (χ0n) is 32.6. The van der Waals surface area contributed by atoms with Gasteiger partial charge in [-0.05, 0) is 86.9 Å². The van der Waals surface area contributed by atoms with Crippen LogP contribution >= 0.6 is 11.3 Å². The van der Waals surface area contributed by atoms with Crippen molar-refractivity contribution in [1.29, 1.82) is 0 Å². The van der Waals surface area contributed by atoms with Crippen LogP contribution in [0.5, 0.6) is 0 Å². The molecule has 268 valence electrons. The molecule has 1 aromatic heterocycles. The first kappa shape index (κ1) is 41.8. The summed E-state index contributed by atoms with van der Waals surface area (Å²) in [4.78, 5) is 33.3. The van der Waals surface area contributed by atoms with Gasteiger partial charge in [-0.15, -0.1) is 11.3 Å². The third-order valence-corrected chi connectivity index (χ3v) is 20.8. The fourth-order valence-corrected chi connectivity index (χ4v) is 9.10. The summed E-state index contributed by atoms with van der Waals surface area (Å²) in [5.41, 5.74) is 0.873. The van der Waals surface area contributed by atoms with E-state index in [0.29, 0.717) is 6.42 Å². The highest BCUT2D eigenvalue weighted by Crippen LogP contribution is 2.44. The van der Waals surface area contributed by atoms with Crippen LogP contribution in [0.4, 0.5) is 0 Å². The van der Waals surface area contributed by atoms with E-state index in [0.717, 1.165) is 35.5 Å². The standard InChI is InChI=1S/C38H67NO5SSi2/c1-26-21-19-17-18-20-22-31(27(2)23-30-25-45-29(4)39-30)42-33(40)24-32(43-46(13,14)36(5,6)7)38(11,12)35(41)28(3)34(26)44-47(15,16)37(8,9)10/h18,20,23,25-26,28,31-32,34H,17,19,21-22,24H2,1-16H3/t26-,28-,31+,32+,34+/m1/s1. The van der Waals surface area contributed by atoms with E-state index in [9.17, 15) is 9.59 Å². The molecule has 1 aliphatic rings. The molecule has 0 radical (unpaired) electrons. The molecule has 0 aromatic carbocycles. The van der Waals surface area contributed by atoms with Crippen LogP contribution in [-0.2, 0) is 23.2 Å². The van der Waals surface area contributed by atoms with Crippen molar-refractivity contribution in [3.05, 3.63) is 33.8 Å². The summed E-state index contributed by atoms with van der Waals surface area (Å²) in [6, 6.07) is 0. The zero-order valence-corrected chi connectivity index (χ0v) is 35.4. The van der Waals surface area contributed by atoms with Crippen molar-refractivity contribution in [2.75, 3.05) is 0 Å². The van der Waals surface area contributed by atoms with Crippen LogP contribution < -0.4 is 0 Å². The molecule has 2 rings (SSSR count). The van der Waals surface area contributed by atoms with Gasteiger partial charge in [-0.3, -0.25) is 9.59 Å². The zero-order chi connectivity index (χ0) is 36.2. The lowest BCUT2D eigenvalue weighted by atomic mass is 9.73. The number of ketones is 1. The van der Waals surface area contributed by atoms with Crippen molar-refractivity contribution in [3.8, 4) is 0 Å². The Morgan fingerprint density at radius 1 is 1.00 bits per heavy atom. The maximum atomic E-state index is 14.8. The van der Waals surface area contributed by atoms with E-state index < -0.39 is 34.3 Å². The normalized spacial score (nSPS) is 26.7. The van der Waals surface area contributed by atoms with E-state index in [1.165, 1.54) is 0 Å². The van der Waals surface area contributed by atoms with Crippen molar-refractivity contribution < 1.29 is 23.2 Å². The van der Waals surface area contributed by atoms with Gasteiger partial charge in [0.05, 0.1) is 29.3 Å². The number of rotatable bonds is 6. The van der Waals surface area contributed by atoms with Gasteiger partial charge in [-0.25, -0.2) is 4.98 Å². The maximum absolute atomic E-state index is 14.8. The van der Waals surface area contributed by atoms with Crippen molar-refractivity contribution in [1.82, 2.24) is 4.98 Å². The van der Waals surface area contributed by atoms with E-state index in [2.05, 4.69) is 91.8 Å². The summed E-state index contributed by atoms with van der Waals surface area (Å²) in [5.74, 6) is -0.427. The average molecular weight is 706 g/mol. The summed E-state index contributed by atoms with van der Waals surface area (Å²) in [6.07, 6.45) is 8.53. The van der Waals surface area contributed by atoms with Crippen LogP contribution in [0.3, 0.4) is 0 Å². The Labute approximate surface area is 293 Å². The second-order valence-corrected chi connectivity index (χ2v) is 28.1. The topological polar surface area (TPSA) is 74.7 Å². The summed E-state index contributed by atoms with van der Waals surface area (Å²) in [7, 11) is -4.57. The van der Waals surface area contributed by atoms with Gasteiger partial charge in [-0.2, -0.15) is 0 Å². The number of thiazole rings is 1. The van der Waals surface area contributed by atoms with Gasteiger partial charge in [0.15, 0.2) is 16.6 Å². The van der Waals surface area contributed by atoms with E-state index in [-0.39, 0.29) is 46.2 Å². The highest BCUT2D eigenvalue weighted by atomic mass is 32.1. The van der Waals surface area contributed by atoms with Gasteiger partial charge in [0.2, 0.25) is 0 Å². The number of carbonyl (C=O) groups is 2. The van der Waals surface area contributed by atoms with E-state index in [1.807, 2.05) is 46.1 Å². The minimum atomic E-state index is -2.38. The predicted octanol–water partition coefficient (Wildman–Crippen LogP) is 10.9. The number of Topliss-reactive ketones (excluding diaryl/α,β-unsaturated/α-hetero) is 1. The first-order valence-electron chi connectivity index (χ1n) is 17.6. The lowest BCUT2D eigenvalue weighted by Gasteiger charge is -2.46. The molecule has 0 saturated carbocycles. The molecule has 6 nitrogen and oxygen atoms in total. The van der Waals surface area contributed by atoms with Gasteiger partial charge in [-0.1, -0.05) is 81.4 Å². The number of esters is 1. The molecule has 9 heteroatoms. The number of ether oxygens (including phenoxy) is 1. The molecule has 0 spiro atoms. The van der Waals surface area contributed by atoms with Crippen molar-refractivity contribution >= 4 is 45.8 Å². The van der Waals surface area contributed by atoms with E-state index in [1.54, 1.807) is 11.3 Å². The highest BCUT2D eigenvalue weighted by Gasteiger charge is 2.50. The van der Waals surface area contributed by atoms with Gasteiger partial charge in [0.25, 0.3) is 0 Å². The number of aromatic nitrogens is 1. The monoisotopic (exact) mass is 705 g/mol. The smallest absolute Gasteiger partial charge is 0.309 e. The number of aryl methyl sites for hydroxylation is 1. The number of cyclic esters (lactones) is 1. The second kappa shape index (κ2) is 16.1. The molecule has 0 amide bonds. The minimum absolute atomic E-state index is 0.00455.